The Balaban J connectivity index is 2.18. The largest absolute Gasteiger partial charge is 0.439 e. The van der Waals surface area contributed by atoms with Crippen LogP contribution in [0.3, 0.4) is 0 Å². The quantitative estimate of drug-likeness (QED) is 0.796. The molecular weight excluding hydrogens is 342 g/mol. The summed E-state index contributed by atoms with van der Waals surface area (Å²) in [7, 11) is 1.50. The number of pyridine rings is 1. The van der Waals surface area contributed by atoms with Crippen LogP contribution in [-0.4, -0.2) is 13.4 Å². The summed E-state index contributed by atoms with van der Waals surface area (Å²) in [6.07, 6.45) is 1.60. The monoisotopic (exact) mass is 347 g/mol. The van der Waals surface area contributed by atoms with Gasteiger partial charge < -0.3 is 4.74 Å². The summed E-state index contributed by atoms with van der Waals surface area (Å²) in [5.74, 6) is 0.897. The highest BCUT2D eigenvalue weighted by Gasteiger charge is 2.09. The van der Waals surface area contributed by atoms with Crippen LogP contribution < -0.4 is 4.74 Å². The molecule has 0 unspecified atom stereocenters. The van der Waals surface area contributed by atoms with Gasteiger partial charge in [0.2, 0.25) is 5.88 Å². The molecule has 0 spiro atoms. The summed E-state index contributed by atoms with van der Waals surface area (Å²) in [5, 5.41) is 0. The molecule has 0 aliphatic rings. The van der Waals surface area contributed by atoms with Crippen molar-refractivity contribution in [3.8, 4) is 11.6 Å². The van der Waals surface area contributed by atoms with Crippen molar-refractivity contribution in [3.05, 3.63) is 47.1 Å². The van der Waals surface area contributed by atoms with E-state index in [0.29, 0.717) is 11.6 Å². The summed E-state index contributed by atoms with van der Waals surface area (Å²) >= 11 is 3.26. The zero-order chi connectivity index (χ0) is 13.2. The molecule has 1 aromatic heterocycles. The third-order valence-electron chi connectivity index (χ3n) is 2.03. The van der Waals surface area contributed by atoms with E-state index in [1.807, 2.05) is 0 Å². The number of rotatable bonds is 3. The maximum atomic E-state index is 11.0. The highest BCUT2D eigenvalue weighted by molar-refractivity contribution is 9.10. The minimum absolute atomic E-state index is 0.0280. The van der Waals surface area contributed by atoms with Crippen molar-refractivity contribution in [2.24, 2.45) is 0 Å². The van der Waals surface area contributed by atoms with Crippen molar-refractivity contribution < 1.29 is 13.2 Å². The van der Waals surface area contributed by atoms with Crippen molar-refractivity contribution >= 4 is 35.7 Å². The molecule has 0 N–H and O–H groups in total. The lowest BCUT2D eigenvalue weighted by atomic mass is 10.3. The average molecular weight is 349 g/mol. The number of halogens is 2. The Morgan fingerprint density at radius 3 is 2.28 bits per heavy atom. The lowest BCUT2D eigenvalue weighted by Gasteiger charge is -2.04. The molecule has 0 aliphatic carbocycles. The predicted octanol–water partition coefficient (Wildman–Crippen LogP) is 3.56. The first-order chi connectivity index (χ1) is 8.45. The van der Waals surface area contributed by atoms with Gasteiger partial charge in [0.25, 0.3) is 9.05 Å². The van der Waals surface area contributed by atoms with Gasteiger partial charge >= 0.3 is 0 Å². The molecule has 0 bridgehead atoms. The second kappa shape index (κ2) is 5.26. The molecule has 1 aromatic carbocycles. The molecule has 7 heteroatoms. The molecular formula is C11H7BrClNO3S. The van der Waals surface area contributed by atoms with E-state index >= 15 is 0 Å². The van der Waals surface area contributed by atoms with E-state index in [4.69, 9.17) is 15.4 Å². The first-order valence-corrected chi connectivity index (χ1v) is 7.89. The lowest BCUT2D eigenvalue weighted by Crippen LogP contribution is -1.91. The lowest BCUT2D eigenvalue weighted by molar-refractivity contribution is 0.462. The Kier molecular flexibility index (Phi) is 3.89. The van der Waals surface area contributed by atoms with E-state index in [0.717, 1.165) is 4.47 Å². The van der Waals surface area contributed by atoms with Crippen LogP contribution in [-0.2, 0) is 9.05 Å². The highest BCUT2D eigenvalue weighted by atomic mass is 79.9. The first-order valence-electron chi connectivity index (χ1n) is 4.79. The number of benzene rings is 1. The summed E-state index contributed by atoms with van der Waals surface area (Å²) in [4.78, 5) is 4.06. The molecule has 0 fully saturated rings. The Labute approximate surface area is 117 Å². The maximum absolute atomic E-state index is 11.0. The van der Waals surface area contributed by atoms with Crippen LogP contribution in [0.4, 0.5) is 0 Å². The fourth-order valence-electron chi connectivity index (χ4n) is 1.21. The summed E-state index contributed by atoms with van der Waals surface area (Å²) < 4.78 is 28.4. The number of ether oxygens (including phenoxy) is 1. The van der Waals surface area contributed by atoms with Crippen LogP contribution in [0.1, 0.15) is 0 Å². The van der Waals surface area contributed by atoms with Gasteiger partial charge in [0.15, 0.2) is 0 Å². The molecule has 2 rings (SSSR count). The van der Waals surface area contributed by atoms with Gasteiger partial charge in [-0.1, -0.05) is 0 Å². The number of nitrogens with zero attached hydrogens (tertiary/aromatic N) is 1. The second-order valence-electron chi connectivity index (χ2n) is 3.33. The molecule has 2 aromatic rings. The van der Waals surface area contributed by atoms with Gasteiger partial charge in [-0.15, -0.1) is 0 Å². The number of hydrogen-bond acceptors (Lipinski definition) is 4. The van der Waals surface area contributed by atoms with E-state index < -0.39 is 9.05 Å². The highest BCUT2D eigenvalue weighted by Crippen LogP contribution is 2.23. The van der Waals surface area contributed by atoms with Crippen LogP contribution in [0.2, 0.25) is 0 Å². The van der Waals surface area contributed by atoms with Crippen molar-refractivity contribution in [1.82, 2.24) is 4.98 Å². The van der Waals surface area contributed by atoms with Gasteiger partial charge in [0.1, 0.15) is 5.75 Å². The van der Waals surface area contributed by atoms with E-state index in [1.54, 1.807) is 18.3 Å². The van der Waals surface area contributed by atoms with E-state index in [2.05, 4.69) is 20.9 Å². The summed E-state index contributed by atoms with van der Waals surface area (Å²) in [5.41, 5.74) is 0. The van der Waals surface area contributed by atoms with Crippen molar-refractivity contribution in [2.45, 2.75) is 4.90 Å². The molecule has 0 amide bonds. The van der Waals surface area contributed by atoms with Gasteiger partial charge in [0.05, 0.1) is 4.90 Å². The Morgan fingerprint density at radius 2 is 1.78 bits per heavy atom. The smallest absolute Gasteiger partial charge is 0.261 e. The van der Waals surface area contributed by atoms with Crippen molar-refractivity contribution in [2.75, 3.05) is 0 Å². The molecule has 94 valence electrons. The fourth-order valence-corrected chi connectivity index (χ4v) is 2.22. The first kappa shape index (κ1) is 13.3. The van der Waals surface area contributed by atoms with Crippen molar-refractivity contribution in [1.29, 1.82) is 0 Å². The minimum Gasteiger partial charge on any atom is -0.439 e. The molecule has 0 aliphatic heterocycles. The van der Waals surface area contributed by atoms with Crippen LogP contribution in [0.5, 0.6) is 11.6 Å². The van der Waals surface area contributed by atoms with Crippen molar-refractivity contribution in [3.63, 3.8) is 0 Å². The SMILES string of the molecule is O=S(=O)(Cl)c1ccc(Oc2ccc(Br)cn2)cc1. The topological polar surface area (TPSA) is 56.3 Å². The fraction of sp³-hybridized carbons (Fsp3) is 0. The average Bonchev–Trinajstić information content (AvgIpc) is 2.32. The second-order valence-corrected chi connectivity index (χ2v) is 6.81. The van der Waals surface area contributed by atoms with Gasteiger partial charge in [0, 0.05) is 27.4 Å². The Bertz CT molecular complexity index is 641. The van der Waals surface area contributed by atoms with Gasteiger partial charge in [-0.25, -0.2) is 13.4 Å². The van der Waals surface area contributed by atoms with Gasteiger partial charge in [-0.05, 0) is 46.3 Å². The molecule has 0 radical (unpaired) electrons. The molecule has 0 saturated carbocycles. The van der Waals surface area contributed by atoms with Crippen LogP contribution in [0.25, 0.3) is 0 Å². The number of hydrogen-bond donors (Lipinski definition) is 0. The summed E-state index contributed by atoms with van der Waals surface area (Å²) in [6.45, 7) is 0. The molecule has 1 heterocycles. The molecule has 0 saturated heterocycles. The zero-order valence-corrected chi connectivity index (χ0v) is 12.0. The van der Waals surface area contributed by atoms with Gasteiger partial charge in [-0.3, -0.25) is 0 Å². The standard InChI is InChI=1S/C11H7BrClNO3S/c12-8-1-6-11(14-7-8)17-9-2-4-10(5-3-9)18(13,15)16/h1-7H. The normalized spacial score (nSPS) is 11.2. The van der Waals surface area contributed by atoms with Crippen LogP contribution in [0.15, 0.2) is 52.0 Å². The summed E-state index contributed by atoms with van der Waals surface area (Å²) in [6, 6.07) is 9.25. The van der Waals surface area contributed by atoms with E-state index in [-0.39, 0.29) is 4.90 Å². The van der Waals surface area contributed by atoms with E-state index in [9.17, 15) is 8.42 Å². The van der Waals surface area contributed by atoms with Gasteiger partial charge in [-0.2, -0.15) is 0 Å². The molecule has 18 heavy (non-hydrogen) atoms. The Hall–Kier alpha value is -1.11. The predicted molar refractivity (Wildman–Crippen MR) is 71.5 cm³/mol. The number of aromatic nitrogens is 1. The molecule has 4 nitrogen and oxygen atoms in total. The van der Waals surface area contributed by atoms with Crippen LogP contribution in [0, 0.1) is 0 Å². The minimum atomic E-state index is -3.70. The Morgan fingerprint density at radius 1 is 1.11 bits per heavy atom. The third kappa shape index (κ3) is 3.44. The van der Waals surface area contributed by atoms with Crippen LogP contribution >= 0.6 is 26.6 Å². The van der Waals surface area contributed by atoms with E-state index in [1.165, 1.54) is 24.3 Å². The molecule has 0 atom stereocenters. The maximum Gasteiger partial charge on any atom is 0.261 e. The zero-order valence-electron chi connectivity index (χ0n) is 8.88. The third-order valence-corrected chi connectivity index (χ3v) is 3.87.